The molecule has 1 heterocycles. The van der Waals surface area contributed by atoms with Gasteiger partial charge < -0.3 is 14.8 Å². The number of hydrogen-bond acceptors (Lipinski definition) is 4. The number of hydrogen-bond donors (Lipinski definition) is 1. The Bertz CT molecular complexity index is 845. The van der Waals surface area contributed by atoms with Gasteiger partial charge in [-0.3, -0.25) is 9.69 Å². The number of piperidine rings is 1. The van der Waals surface area contributed by atoms with Gasteiger partial charge in [-0.2, -0.15) is 0 Å². The predicted molar refractivity (Wildman–Crippen MR) is 116 cm³/mol. The first-order valence-electron chi connectivity index (χ1n) is 10.2. The first-order chi connectivity index (χ1) is 14.6. The minimum Gasteiger partial charge on any atom is -0.497 e. The van der Waals surface area contributed by atoms with Crippen LogP contribution in [0.25, 0.3) is 6.08 Å². The fourth-order valence-corrected chi connectivity index (χ4v) is 3.67. The predicted octanol–water partition coefficient (Wildman–Crippen LogP) is 4.00. The van der Waals surface area contributed by atoms with E-state index in [0.29, 0.717) is 29.5 Å². The van der Waals surface area contributed by atoms with Gasteiger partial charge in [0.2, 0.25) is 0 Å². The van der Waals surface area contributed by atoms with Crippen molar-refractivity contribution in [3.8, 4) is 11.5 Å². The van der Waals surface area contributed by atoms with Crippen molar-refractivity contribution >= 4 is 12.0 Å². The summed E-state index contributed by atoms with van der Waals surface area (Å²) in [6, 6.07) is 11.7. The average molecular weight is 413 g/mol. The number of carbonyl (C=O) groups excluding carboxylic acids is 1. The number of carbonyl (C=O) groups is 1. The van der Waals surface area contributed by atoms with Gasteiger partial charge in [-0.05, 0) is 55.1 Å². The summed E-state index contributed by atoms with van der Waals surface area (Å²) >= 11 is 0. The van der Waals surface area contributed by atoms with Gasteiger partial charge in [-0.25, -0.2) is 4.39 Å². The lowest BCUT2D eigenvalue weighted by atomic mass is 9.98. The van der Waals surface area contributed by atoms with E-state index in [4.69, 9.17) is 9.47 Å². The molecule has 1 unspecified atom stereocenters. The maximum atomic E-state index is 13.0. The molecule has 1 aliphatic heterocycles. The van der Waals surface area contributed by atoms with E-state index >= 15 is 0 Å². The molecule has 160 valence electrons. The zero-order chi connectivity index (χ0) is 21.3. The molecule has 2 aromatic carbocycles. The highest BCUT2D eigenvalue weighted by Gasteiger charge is 2.20. The normalized spacial score (nSPS) is 17.1. The second kappa shape index (κ2) is 10.8. The number of amides is 1. The van der Waals surface area contributed by atoms with Gasteiger partial charge in [-0.1, -0.05) is 24.3 Å². The Morgan fingerprint density at radius 1 is 1.17 bits per heavy atom. The van der Waals surface area contributed by atoms with E-state index in [-0.39, 0.29) is 11.7 Å². The topological polar surface area (TPSA) is 50.8 Å². The van der Waals surface area contributed by atoms with Crippen LogP contribution >= 0.6 is 0 Å². The summed E-state index contributed by atoms with van der Waals surface area (Å²) in [6.45, 7) is 3.46. The van der Waals surface area contributed by atoms with Crippen molar-refractivity contribution in [1.29, 1.82) is 0 Å². The minimum atomic E-state index is -0.222. The van der Waals surface area contributed by atoms with Crippen molar-refractivity contribution in [3.05, 3.63) is 65.5 Å². The van der Waals surface area contributed by atoms with Gasteiger partial charge in [0.15, 0.2) is 0 Å². The monoisotopic (exact) mass is 412 g/mol. The zero-order valence-corrected chi connectivity index (χ0v) is 17.6. The zero-order valence-electron chi connectivity index (χ0n) is 17.6. The molecule has 1 N–H and O–H groups in total. The lowest BCUT2D eigenvalue weighted by Gasteiger charge is -2.32. The number of rotatable bonds is 8. The van der Waals surface area contributed by atoms with Crippen molar-refractivity contribution < 1.29 is 18.7 Å². The summed E-state index contributed by atoms with van der Waals surface area (Å²) in [5.74, 6) is 1.25. The van der Waals surface area contributed by atoms with Crippen LogP contribution < -0.4 is 14.8 Å². The van der Waals surface area contributed by atoms with Crippen LogP contribution in [-0.2, 0) is 0 Å². The van der Waals surface area contributed by atoms with E-state index < -0.39 is 0 Å². The Hall–Kier alpha value is -2.86. The molecule has 0 spiro atoms. The van der Waals surface area contributed by atoms with Crippen molar-refractivity contribution in [2.75, 3.05) is 40.4 Å². The van der Waals surface area contributed by atoms with Crippen molar-refractivity contribution in [2.24, 2.45) is 5.92 Å². The standard InChI is InChI=1S/C24H29FN2O3/c1-29-22-13-20(14-23(15-22)30-2)24(28)26-16-19-6-4-12-27(17-19)11-3-5-18-7-9-21(25)10-8-18/h3,5,7-10,13-15,19H,4,6,11-12,16-17H2,1-2H3,(H,26,28)/b5-3+. The molecule has 0 saturated carbocycles. The minimum absolute atomic E-state index is 0.125. The molecule has 30 heavy (non-hydrogen) atoms. The van der Waals surface area contributed by atoms with Gasteiger partial charge >= 0.3 is 0 Å². The number of nitrogens with one attached hydrogen (secondary N) is 1. The van der Waals surface area contributed by atoms with E-state index in [2.05, 4.69) is 16.3 Å². The first-order valence-corrected chi connectivity index (χ1v) is 10.2. The van der Waals surface area contributed by atoms with Crippen LogP contribution in [0, 0.1) is 11.7 Å². The number of benzene rings is 2. The molecule has 5 nitrogen and oxygen atoms in total. The maximum absolute atomic E-state index is 13.0. The third kappa shape index (κ3) is 6.32. The van der Waals surface area contributed by atoms with E-state index in [0.717, 1.165) is 38.0 Å². The summed E-state index contributed by atoms with van der Waals surface area (Å²) in [4.78, 5) is 15.0. The third-order valence-electron chi connectivity index (χ3n) is 5.31. The molecular weight excluding hydrogens is 383 g/mol. The van der Waals surface area contributed by atoms with Crippen LogP contribution in [0.2, 0.25) is 0 Å². The summed E-state index contributed by atoms with van der Waals surface area (Å²) in [7, 11) is 3.13. The quantitative estimate of drug-likeness (QED) is 0.712. The highest BCUT2D eigenvalue weighted by Crippen LogP contribution is 2.23. The van der Waals surface area contributed by atoms with Gasteiger partial charge in [0.05, 0.1) is 14.2 Å². The summed E-state index contributed by atoms with van der Waals surface area (Å²) in [6.07, 6.45) is 6.33. The highest BCUT2D eigenvalue weighted by atomic mass is 19.1. The van der Waals surface area contributed by atoms with Crippen LogP contribution in [-0.4, -0.2) is 51.2 Å². The van der Waals surface area contributed by atoms with Crippen molar-refractivity contribution in [1.82, 2.24) is 10.2 Å². The largest absolute Gasteiger partial charge is 0.497 e. The Morgan fingerprint density at radius 2 is 1.87 bits per heavy atom. The van der Waals surface area contributed by atoms with Gasteiger partial charge in [0, 0.05) is 31.3 Å². The molecule has 0 aromatic heterocycles. The van der Waals surface area contributed by atoms with E-state index in [1.165, 1.54) is 12.1 Å². The van der Waals surface area contributed by atoms with Crippen LogP contribution in [0.15, 0.2) is 48.5 Å². The Kier molecular flexibility index (Phi) is 7.85. The first kappa shape index (κ1) is 21.8. The summed E-state index contributed by atoms with van der Waals surface area (Å²) in [5.41, 5.74) is 1.52. The fourth-order valence-electron chi connectivity index (χ4n) is 3.67. The Morgan fingerprint density at radius 3 is 2.53 bits per heavy atom. The fraction of sp³-hybridized carbons (Fsp3) is 0.375. The molecule has 2 aromatic rings. The maximum Gasteiger partial charge on any atom is 0.251 e. The van der Waals surface area contributed by atoms with E-state index in [1.807, 2.05) is 6.08 Å². The Balaban J connectivity index is 1.49. The molecule has 6 heteroatoms. The molecular formula is C24H29FN2O3. The molecule has 0 bridgehead atoms. The van der Waals surface area contributed by atoms with Crippen molar-refractivity contribution in [3.63, 3.8) is 0 Å². The average Bonchev–Trinajstić information content (AvgIpc) is 2.78. The molecule has 1 fully saturated rings. The van der Waals surface area contributed by atoms with Crippen LogP contribution in [0.1, 0.15) is 28.8 Å². The SMILES string of the molecule is COc1cc(OC)cc(C(=O)NCC2CCCN(C/C=C/c3ccc(F)cc3)C2)c1. The van der Waals surface area contributed by atoms with Crippen LogP contribution in [0.3, 0.4) is 0 Å². The second-order valence-electron chi connectivity index (χ2n) is 7.53. The number of halogens is 1. The lowest BCUT2D eigenvalue weighted by Crippen LogP contribution is -2.40. The molecule has 1 amide bonds. The molecule has 1 atom stereocenters. The molecule has 3 rings (SSSR count). The summed E-state index contributed by atoms with van der Waals surface area (Å²) in [5, 5.41) is 3.05. The third-order valence-corrected chi connectivity index (χ3v) is 5.31. The van der Waals surface area contributed by atoms with Crippen LogP contribution in [0.4, 0.5) is 4.39 Å². The molecule has 1 aliphatic rings. The van der Waals surface area contributed by atoms with Gasteiger partial charge in [-0.15, -0.1) is 0 Å². The number of ether oxygens (including phenoxy) is 2. The second-order valence-corrected chi connectivity index (χ2v) is 7.53. The Labute approximate surface area is 177 Å². The molecule has 0 radical (unpaired) electrons. The molecule has 1 saturated heterocycles. The van der Waals surface area contributed by atoms with Crippen molar-refractivity contribution in [2.45, 2.75) is 12.8 Å². The van der Waals surface area contributed by atoms with Gasteiger partial charge in [0.1, 0.15) is 17.3 Å². The van der Waals surface area contributed by atoms with Crippen LogP contribution in [0.5, 0.6) is 11.5 Å². The van der Waals surface area contributed by atoms with E-state index in [9.17, 15) is 9.18 Å². The van der Waals surface area contributed by atoms with E-state index in [1.54, 1.807) is 44.6 Å². The number of likely N-dealkylation sites (tertiary alicyclic amines) is 1. The lowest BCUT2D eigenvalue weighted by molar-refractivity contribution is 0.0934. The number of methoxy groups -OCH3 is 2. The van der Waals surface area contributed by atoms with Gasteiger partial charge in [0.25, 0.3) is 5.91 Å². The highest BCUT2D eigenvalue weighted by molar-refractivity contribution is 5.95. The number of nitrogens with zero attached hydrogens (tertiary/aromatic N) is 1. The summed E-state index contributed by atoms with van der Waals surface area (Å²) < 4.78 is 23.5. The smallest absolute Gasteiger partial charge is 0.251 e. The molecule has 0 aliphatic carbocycles.